The Kier molecular flexibility index (Phi) is 5.40. The van der Waals surface area contributed by atoms with Crippen molar-refractivity contribution < 1.29 is 4.79 Å². The summed E-state index contributed by atoms with van der Waals surface area (Å²) < 4.78 is 0. The van der Waals surface area contributed by atoms with Crippen molar-refractivity contribution in [1.82, 2.24) is 9.97 Å². The summed E-state index contributed by atoms with van der Waals surface area (Å²) in [5.74, 6) is 6.25. The number of carbonyl (C=O) groups is 1. The largest absolute Gasteiger partial charge is 0.348 e. The Morgan fingerprint density at radius 3 is 2.36 bits per heavy atom. The number of H-pyrrole nitrogens is 1. The van der Waals surface area contributed by atoms with Gasteiger partial charge in [0.15, 0.2) is 5.78 Å². The number of nitrogens with two attached hydrogens (primary N) is 1. The minimum absolute atomic E-state index is 0.0118. The number of rotatable bonds is 5. The van der Waals surface area contributed by atoms with Crippen molar-refractivity contribution in [3.8, 4) is 11.8 Å². The van der Waals surface area contributed by atoms with Gasteiger partial charge < -0.3 is 10.7 Å². The summed E-state index contributed by atoms with van der Waals surface area (Å²) in [6.07, 6.45) is 4.07. The number of aromatic amines is 1. The Morgan fingerprint density at radius 1 is 1.04 bits per heavy atom. The van der Waals surface area contributed by atoms with Crippen LogP contribution in [-0.2, 0) is 17.6 Å². The maximum absolute atomic E-state index is 12.2. The van der Waals surface area contributed by atoms with Gasteiger partial charge in [-0.2, -0.15) is 0 Å². The number of nitrogens with zero attached hydrogens (tertiary/aromatic N) is 1. The van der Waals surface area contributed by atoms with Gasteiger partial charge in [-0.1, -0.05) is 42.2 Å². The van der Waals surface area contributed by atoms with Crippen molar-refractivity contribution in [2.45, 2.75) is 18.9 Å². The summed E-state index contributed by atoms with van der Waals surface area (Å²) in [5, 5.41) is 0. The van der Waals surface area contributed by atoms with E-state index in [2.05, 4.69) is 21.8 Å². The lowest BCUT2D eigenvalue weighted by atomic mass is 10.0. The van der Waals surface area contributed by atoms with Gasteiger partial charge in [-0.3, -0.25) is 4.79 Å². The molecule has 0 aliphatic carbocycles. The summed E-state index contributed by atoms with van der Waals surface area (Å²) in [5.41, 5.74) is 9.68. The molecule has 1 unspecified atom stereocenters. The third-order valence-corrected chi connectivity index (χ3v) is 3.87. The van der Waals surface area contributed by atoms with Gasteiger partial charge in [0.1, 0.15) is 0 Å². The summed E-state index contributed by atoms with van der Waals surface area (Å²) in [6, 6.07) is 17.0. The van der Waals surface area contributed by atoms with Gasteiger partial charge >= 0.3 is 0 Å². The van der Waals surface area contributed by atoms with Crippen molar-refractivity contribution in [2.24, 2.45) is 5.73 Å². The Bertz CT molecular complexity index is 872. The van der Waals surface area contributed by atoms with Gasteiger partial charge in [0.2, 0.25) is 0 Å². The standard InChI is InChI=1S/C21H19N3O/c22-20(13-19-14-23-15-24-19)21(25)12-18-10-8-17(9-11-18)7-6-16-4-2-1-3-5-16/h1-5,8-11,14-15,20H,12-13,22H2,(H,23,24). The molecule has 0 amide bonds. The minimum Gasteiger partial charge on any atom is -0.348 e. The fourth-order valence-corrected chi connectivity index (χ4v) is 2.45. The molecule has 4 heteroatoms. The van der Waals surface area contributed by atoms with Crippen molar-refractivity contribution in [1.29, 1.82) is 0 Å². The predicted octanol–water partition coefficient (Wildman–Crippen LogP) is 2.49. The number of hydrogen-bond acceptors (Lipinski definition) is 3. The van der Waals surface area contributed by atoms with E-state index < -0.39 is 6.04 Å². The smallest absolute Gasteiger partial charge is 0.154 e. The highest BCUT2D eigenvalue weighted by Gasteiger charge is 2.15. The zero-order valence-electron chi connectivity index (χ0n) is 13.8. The van der Waals surface area contributed by atoms with Crippen molar-refractivity contribution >= 4 is 5.78 Å². The minimum atomic E-state index is -0.530. The number of carbonyl (C=O) groups excluding carboxylic acids is 1. The zero-order chi connectivity index (χ0) is 17.5. The van der Waals surface area contributed by atoms with Crippen LogP contribution in [0.2, 0.25) is 0 Å². The average molecular weight is 329 g/mol. The summed E-state index contributed by atoms with van der Waals surface area (Å²) in [7, 11) is 0. The number of benzene rings is 2. The molecule has 0 fully saturated rings. The van der Waals surface area contributed by atoms with Crippen LogP contribution in [-0.4, -0.2) is 21.8 Å². The lowest BCUT2D eigenvalue weighted by Gasteiger charge is -2.09. The maximum Gasteiger partial charge on any atom is 0.154 e. The summed E-state index contributed by atoms with van der Waals surface area (Å²) >= 11 is 0. The Hall–Kier alpha value is -3.16. The van der Waals surface area contributed by atoms with Crippen LogP contribution >= 0.6 is 0 Å². The van der Waals surface area contributed by atoms with E-state index in [0.717, 1.165) is 22.4 Å². The highest BCUT2D eigenvalue weighted by atomic mass is 16.1. The Morgan fingerprint density at radius 2 is 1.72 bits per heavy atom. The van der Waals surface area contributed by atoms with Crippen LogP contribution in [0.4, 0.5) is 0 Å². The normalized spacial score (nSPS) is 11.4. The third kappa shape index (κ3) is 4.90. The second-order valence-electron chi connectivity index (χ2n) is 5.84. The molecule has 0 aliphatic heterocycles. The molecule has 0 saturated carbocycles. The third-order valence-electron chi connectivity index (χ3n) is 3.87. The molecular formula is C21H19N3O. The molecule has 0 saturated heterocycles. The molecule has 1 aromatic heterocycles. The molecule has 3 N–H and O–H groups in total. The van der Waals surface area contributed by atoms with Crippen LogP contribution < -0.4 is 5.73 Å². The molecule has 25 heavy (non-hydrogen) atoms. The van der Waals surface area contributed by atoms with Gasteiger partial charge in [0.05, 0.1) is 12.4 Å². The molecule has 3 aromatic rings. The fourth-order valence-electron chi connectivity index (χ4n) is 2.45. The van der Waals surface area contributed by atoms with Crippen LogP contribution in [0.15, 0.2) is 67.1 Å². The highest BCUT2D eigenvalue weighted by Crippen LogP contribution is 2.07. The molecule has 0 bridgehead atoms. The summed E-state index contributed by atoms with van der Waals surface area (Å²) in [4.78, 5) is 19.1. The molecule has 3 rings (SSSR count). The molecule has 124 valence electrons. The first-order valence-electron chi connectivity index (χ1n) is 8.12. The topological polar surface area (TPSA) is 71.8 Å². The second-order valence-corrected chi connectivity index (χ2v) is 5.84. The number of aromatic nitrogens is 2. The lowest BCUT2D eigenvalue weighted by Crippen LogP contribution is -2.34. The Balaban J connectivity index is 1.59. The molecule has 4 nitrogen and oxygen atoms in total. The molecular weight excluding hydrogens is 310 g/mol. The number of Topliss-reactive ketones (excluding diaryl/α,β-unsaturated/α-hetero) is 1. The van der Waals surface area contributed by atoms with Gasteiger partial charge in [0, 0.05) is 35.9 Å². The Labute approximate surface area is 147 Å². The van der Waals surface area contributed by atoms with E-state index >= 15 is 0 Å². The van der Waals surface area contributed by atoms with Crippen LogP contribution in [0.5, 0.6) is 0 Å². The van der Waals surface area contributed by atoms with Gasteiger partial charge in [-0.15, -0.1) is 0 Å². The number of imidazole rings is 1. The van der Waals surface area contributed by atoms with E-state index in [9.17, 15) is 4.79 Å². The van der Waals surface area contributed by atoms with Crippen molar-refractivity contribution in [3.63, 3.8) is 0 Å². The van der Waals surface area contributed by atoms with E-state index in [4.69, 9.17) is 5.73 Å². The zero-order valence-corrected chi connectivity index (χ0v) is 13.8. The fraction of sp³-hybridized carbons (Fsp3) is 0.143. The SMILES string of the molecule is NC(Cc1cnc[nH]1)C(=O)Cc1ccc(C#Cc2ccccc2)cc1. The predicted molar refractivity (Wildman–Crippen MR) is 97.8 cm³/mol. The number of nitrogens with one attached hydrogen (secondary N) is 1. The van der Waals surface area contributed by atoms with Crippen LogP contribution in [0, 0.1) is 11.8 Å². The van der Waals surface area contributed by atoms with Crippen molar-refractivity contribution in [3.05, 3.63) is 89.5 Å². The van der Waals surface area contributed by atoms with E-state index in [1.807, 2.05) is 54.6 Å². The van der Waals surface area contributed by atoms with Crippen LogP contribution in [0.25, 0.3) is 0 Å². The lowest BCUT2D eigenvalue weighted by molar-refractivity contribution is -0.119. The molecule has 1 atom stereocenters. The highest BCUT2D eigenvalue weighted by molar-refractivity contribution is 5.86. The molecule has 1 heterocycles. The summed E-state index contributed by atoms with van der Waals surface area (Å²) in [6.45, 7) is 0. The van der Waals surface area contributed by atoms with Crippen molar-refractivity contribution in [2.75, 3.05) is 0 Å². The molecule has 0 spiro atoms. The van der Waals surface area contributed by atoms with E-state index in [1.54, 1.807) is 12.5 Å². The number of hydrogen-bond donors (Lipinski definition) is 2. The van der Waals surface area contributed by atoms with E-state index in [1.165, 1.54) is 0 Å². The quantitative estimate of drug-likeness (QED) is 0.707. The van der Waals surface area contributed by atoms with Crippen LogP contribution in [0.1, 0.15) is 22.4 Å². The molecule has 0 radical (unpaired) electrons. The first-order valence-corrected chi connectivity index (χ1v) is 8.12. The monoisotopic (exact) mass is 329 g/mol. The second kappa shape index (κ2) is 8.09. The van der Waals surface area contributed by atoms with Gasteiger partial charge in [0.25, 0.3) is 0 Å². The first kappa shape index (κ1) is 16.7. The number of ketones is 1. The average Bonchev–Trinajstić information content (AvgIpc) is 3.15. The van der Waals surface area contributed by atoms with Crippen LogP contribution in [0.3, 0.4) is 0 Å². The van der Waals surface area contributed by atoms with Gasteiger partial charge in [-0.25, -0.2) is 4.98 Å². The maximum atomic E-state index is 12.2. The van der Waals surface area contributed by atoms with E-state index in [-0.39, 0.29) is 5.78 Å². The van der Waals surface area contributed by atoms with E-state index in [0.29, 0.717) is 12.8 Å². The first-order chi connectivity index (χ1) is 12.2. The van der Waals surface area contributed by atoms with Gasteiger partial charge in [-0.05, 0) is 29.8 Å². The molecule has 2 aromatic carbocycles. The molecule has 0 aliphatic rings.